The minimum absolute atomic E-state index is 0.585. The highest BCUT2D eigenvalue weighted by atomic mass is 14.8. The second kappa shape index (κ2) is 19.4. The second-order valence-corrected chi connectivity index (χ2v) is 6.28. The standard InChI is InChI=1S/C12H16N2.C10H14.C2H6.2C2H4/c1-4-6-11-9(2)7-5-8-12(11)14-10(3)13;1-7-5-8(2)10(4)9(3)6-7;3*1-2/h4-8H,1-3H3,(H2,13,14);5-6H,1-4H3;1-2H3;2*1-2H2/b6-4-;;;;. The molecular formula is C28H44N2. The lowest BCUT2D eigenvalue weighted by molar-refractivity contribution is 1.23. The first-order valence-corrected chi connectivity index (χ1v) is 10.3. The van der Waals surface area contributed by atoms with E-state index < -0.39 is 0 Å². The van der Waals surface area contributed by atoms with Gasteiger partial charge in [-0.05, 0) is 76.8 Å². The quantitative estimate of drug-likeness (QED) is 0.301. The number of hydrogen-bond acceptors (Lipinski definition) is 1. The second-order valence-electron chi connectivity index (χ2n) is 6.28. The third kappa shape index (κ3) is 12.6. The Morgan fingerprint density at radius 2 is 1.33 bits per heavy atom. The van der Waals surface area contributed by atoms with Crippen LogP contribution in [0.1, 0.15) is 61.1 Å². The molecule has 2 aromatic carbocycles. The van der Waals surface area contributed by atoms with Gasteiger partial charge < -0.3 is 5.73 Å². The van der Waals surface area contributed by atoms with Crippen molar-refractivity contribution in [1.29, 1.82) is 0 Å². The van der Waals surface area contributed by atoms with Crippen molar-refractivity contribution in [3.05, 3.63) is 96.1 Å². The van der Waals surface area contributed by atoms with Crippen molar-refractivity contribution >= 4 is 17.6 Å². The number of nitrogens with zero attached hydrogens (tertiary/aromatic N) is 1. The number of nitrogens with two attached hydrogens (primary N) is 1. The zero-order valence-electron chi connectivity index (χ0n) is 20.9. The van der Waals surface area contributed by atoms with Gasteiger partial charge in [-0.1, -0.05) is 55.8 Å². The summed E-state index contributed by atoms with van der Waals surface area (Å²) >= 11 is 0. The van der Waals surface area contributed by atoms with Crippen molar-refractivity contribution in [1.82, 2.24) is 0 Å². The molecule has 0 bridgehead atoms. The maximum atomic E-state index is 5.57. The summed E-state index contributed by atoms with van der Waals surface area (Å²) in [5, 5.41) is 0. The fourth-order valence-corrected chi connectivity index (χ4v) is 2.59. The third-order valence-corrected chi connectivity index (χ3v) is 4.00. The number of aliphatic imine (C=N–C) groups is 1. The Morgan fingerprint density at radius 1 is 0.867 bits per heavy atom. The number of rotatable bonds is 2. The number of hydrogen-bond donors (Lipinski definition) is 1. The summed E-state index contributed by atoms with van der Waals surface area (Å²) in [6, 6.07) is 10.5. The van der Waals surface area contributed by atoms with Crippen molar-refractivity contribution in [3.63, 3.8) is 0 Å². The Bertz CT molecular complexity index is 754. The topological polar surface area (TPSA) is 38.4 Å². The van der Waals surface area contributed by atoms with Gasteiger partial charge in [0.1, 0.15) is 0 Å². The van der Waals surface area contributed by atoms with E-state index >= 15 is 0 Å². The Hall–Kier alpha value is -2.87. The summed E-state index contributed by atoms with van der Waals surface area (Å²) in [5.41, 5.74) is 14.4. The molecule has 0 spiro atoms. The first-order valence-electron chi connectivity index (χ1n) is 10.3. The average Bonchev–Trinajstić information content (AvgIpc) is 2.73. The van der Waals surface area contributed by atoms with E-state index in [1.54, 1.807) is 6.92 Å². The SMILES string of the molecule is C/C=C\c1c(C)cccc1N=C(C)N.C=C.C=C.CC.Cc1cc(C)c(C)c(C)c1. The molecule has 0 aliphatic carbocycles. The van der Waals surface area contributed by atoms with E-state index in [4.69, 9.17) is 5.73 Å². The van der Waals surface area contributed by atoms with Crippen LogP contribution >= 0.6 is 0 Å². The van der Waals surface area contributed by atoms with Crippen LogP contribution in [0.25, 0.3) is 6.08 Å². The molecule has 0 saturated carbocycles. The fourth-order valence-electron chi connectivity index (χ4n) is 2.59. The Morgan fingerprint density at radius 3 is 1.73 bits per heavy atom. The van der Waals surface area contributed by atoms with Crippen LogP contribution in [0.4, 0.5) is 5.69 Å². The summed E-state index contributed by atoms with van der Waals surface area (Å²) in [4.78, 5) is 4.28. The van der Waals surface area contributed by atoms with E-state index in [2.05, 4.69) is 90.2 Å². The Labute approximate surface area is 187 Å². The molecule has 0 fully saturated rings. The zero-order valence-corrected chi connectivity index (χ0v) is 20.9. The molecule has 2 aromatic rings. The molecule has 0 amide bonds. The summed E-state index contributed by atoms with van der Waals surface area (Å²) in [6.07, 6.45) is 4.06. The summed E-state index contributed by atoms with van der Waals surface area (Å²) < 4.78 is 0. The molecule has 0 heterocycles. The smallest absolute Gasteiger partial charge is 0.0965 e. The molecule has 0 saturated heterocycles. The summed E-state index contributed by atoms with van der Waals surface area (Å²) in [7, 11) is 0. The van der Waals surface area contributed by atoms with Crippen LogP contribution in [0.3, 0.4) is 0 Å². The lowest BCUT2D eigenvalue weighted by Crippen LogP contribution is -2.04. The summed E-state index contributed by atoms with van der Waals surface area (Å²) in [6.45, 7) is 30.5. The monoisotopic (exact) mass is 408 g/mol. The maximum Gasteiger partial charge on any atom is 0.0965 e. The Kier molecular flexibility index (Phi) is 20.6. The van der Waals surface area contributed by atoms with Gasteiger partial charge in [-0.3, -0.25) is 0 Å². The molecule has 0 aliphatic rings. The summed E-state index contributed by atoms with van der Waals surface area (Å²) in [5.74, 6) is 0.585. The highest BCUT2D eigenvalue weighted by Gasteiger charge is 2.00. The first kappa shape index (κ1) is 31.8. The van der Waals surface area contributed by atoms with Gasteiger partial charge in [-0.2, -0.15) is 0 Å². The molecule has 0 radical (unpaired) electrons. The van der Waals surface area contributed by atoms with E-state index in [9.17, 15) is 0 Å². The van der Waals surface area contributed by atoms with Gasteiger partial charge in [0.15, 0.2) is 0 Å². The van der Waals surface area contributed by atoms with Crippen molar-refractivity contribution in [2.24, 2.45) is 10.7 Å². The van der Waals surface area contributed by atoms with Crippen LogP contribution < -0.4 is 5.73 Å². The predicted octanol–water partition coefficient (Wildman–Crippen LogP) is 8.59. The molecule has 166 valence electrons. The molecule has 0 aromatic heterocycles. The minimum atomic E-state index is 0.585. The number of allylic oxidation sites excluding steroid dienone is 1. The van der Waals surface area contributed by atoms with E-state index in [1.807, 2.05) is 39.0 Å². The van der Waals surface area contributed by atoms with Crippen molar-refractivity contribution in [2.45, 2.75) is 62.3 Å². The maximum absolute atomic E-state index is 5.57. The molecule has 0 atom stereocenters. The molecule has 0 unspecified atom stereocenters. The minimum Gasteiger partial charge on any atom is -0.387 e. The van der Waals surface area contributed by atoms with E-state index in [0.29, 0.717) is 5.84 Å². The van der Waals surface area contributed by atoms with Crippen molar-refractivity contribution in [2.75, 3.05) is 0 Å². The normalized spacial score (nSPS) is 9.57. The van der Waals surface area contributed by atoms with Gasteiger partial charge in [-0.25, -0.2) is 4.99 Å². The highest BCUT2D eigenvalue weighted by molar-refractivity contribution is 5.82. The largest absolute Gasteiger partial charge is 0.387 e. The zero-order chi connectivity index (χ0) is 24.3. The van der Waals surface area contributed by atoms with E-state index in [1.165, 1.54) is 27.8 Å². The van der Waals surface area contributed by atoms with E-state index in [0.717, 1.165) is 11.3 Å². The number of benzene rings is 2. The predicted molar refractivity (Wildman–Crippen MR) is 142 cm³/mol. The Balaban J connectivity index is -0.000000400. The van der Waals surface area contributed by atoms with Crippen molar-refractivity contribution < 1.29 is 0 Å². The van der Waals surface area contributed by atoms with Crippen LogP contribution in [0.5, 0.6) is 0 Å². The van der Waals surface area contributed by atoms with Crippen LogP contribution in [-0.4, -0.2) is 5.84 Å². The number of amidine groups is 1. The van der Waals surface area contributed by atoms with Crippen LogP contribution in [0.2, 0.25) is 0 Å². The molecule has 0 aliphatic heterocycles. The third-order valence-electron chi connectivity index (χ3n) is 4.00. The fraction of sp³-hybridized carbons (Fsp3) is 0.321. The van der Waals surface area contributed by atoms with Gasteiger partial charge >= 0.3 is 0 Å². The lowest BCUT2D eigenvalue weighted by Gasteiger charge is -2.04. The van der Waals surface area contributed by atoms with Crippen LogP contribution in [0.15, 0.2) is 67.7 Å². The molecule has 30 heavy (non-hydrogen) atoms. The van der Waals surface area contributed by atoms with Gasteiger partial charge in [0.25, 0.3) is 0 Å². The molecule has 2 rings (SSSR count). The van der Waals surface area contributed by atoms with Gasteiger partial charge in [0, 0.05) is 5.56 Å². The first-order chi connectivity index (χ1) is 14.3. The average molecular weight is 409 g/mol. The molecular weight excluding hydrogens is 364 g/mol. The van der Waals surface area contributed by atoms with Gasteiger partial charge in [0.05, 0.1) is 11.5 Å². The molecule has 2 N–H and O–H groups in total. The van der Waals surface area contributed by atoms with Gasteiger partial charge in [0.2, 0.25) is 0 Å². The lowest BCUT2D eigenvalue weighted by atomic mass is 10.0. The van der Waals surface area contributed by atoms with E-state index in [-0.39, 0.29) is 0 Å². The van der Waals surface area contributed by atoms with Gasteiger partial charge in [-0.15, -0.1) is 26.3 Å². The molecule has 2 nitrogen and oxygen atoms in total. The number of aryl methyl sites for hydroxylation is 4. The van der Waals surface area contributed by atoms with Crippen LogP contribution in [0, 0.1) is 34.6 Å². The molecule has 2 heteroatoms. The van der Waals surface area contributed by atoms with Crippen molar-refractivity contribution in [3.8, 4) is 0 Å². The van der Waals surface area contributed by atoms with Crippen LogP contribution in [-0.2, 0) is 0 Å². The highest BCUT2D eigenvalue weighted by Crippen LogP contribution is 2.23.